The molecule has 4 heterocycles. The van der Waals surface area contributed by atoms with Crippen LogP contribution in [0.3, 0.4) is 0 Å². The average Bonchev–Trinajstić information content (AvgIpc) is 3.39. The summed E-state index contributed by atoms with van der Waals surface area (Å²) in [5.41, 5.74) is 2.98. The highest BCUT2D eigenvalue weighted by Crippen LogP contribution is 2.35. The quantitative estimate of drug-likeness (QED) is 0.0691. The van der Waals surface area contributed by atoms with E-state index in [0.29, 0.717) is 49.9 Å². The summed E-state index contributed by atoms with van der Waals surface area (Å²) in [5.74, 6) is -2.93. The second-order valence-electron chi connectivity index (χ2n) is 18.8. The van der Waals surface area contributed by atoms with Crippen molar-refractivity contribution in [2.75, 3.05) is 85.1 Å². The number of anilines is 1. The fraction of sp³-hybridized carbons (Fsp3) is 0.481. The predicted molar refractivity (Wildman–Crippen MR) is 259 cm³/mol. The number of carbonyl (C=O) groups is 2. The molecule has 4 saturated heterocycles. The zero-order valence-corrected chi connectivity index (χ0v) is 40.1. The van der Waals surface area contributed by atoms with Gasteiger partial charge in [0.15, 0.2) is 29.1 Å². The molecule has 2 unspecified atom stereocenters. The average molecular weight is 976 g/mol. The minimum Gasteiger partial charge on any atom is -0.497 e. The van der Waals surface area contributed by atoms with Crippen molar-refractivity contribution in [3.05, 3.63) is 131 Å². The molecular formula is C54H66F5N5O6. The molecule has 0 spiro atoms. The van der Waals surface area contributed by atoms with E-state index in [0.717, 1.165) is 113 Å². The van der Waals surface area contributed by atoms with Crippen LogP contribution in [0.5, 0.6) is 11.5 Å². The Bertz CT molecular complexity index is 2320. The minimum absolute atomic E-state index is 0.0692. The topological polar surface area (TPSA) is 118 Å². The first-order valence-corrected chi connectivity index (χ1v) is 24.5. The Morgan fingerprint density at radius 2 is 1.03 bits per heavy atom. The standard InChI is InChI=1S/C28H33F3N2O3.C26H33F2N3O3/c1-36-23-5-3-20(4-6-23)21-8-12-32(13-9-21)26(18-34)22-10-14-33(15-11-22)27(35)7-2-19-16-24(29)28(31)25(30)17-19;1-34-22-5-2-18(3-6-22)19-8-12-30(13-9-19)25(17-32)20-10-14-31(15-11-20)26(33)29-21-4-7-23(27)24(28)16-21/h2-7,16-17,21-22,26,34H,8-15,18H2,1H3;2-7,16,19-20,25,32H,8-15,17H2,1H3,(H,29,33)/b7-2+;. The van der Waals surface area contributed by atoms with Crippen LogP contribution in [0.1, 0.15) is 79.9 Å². The highest BCUT2D eigenvalue weighted by molar-refractivity contribution is 5.92. The van der Waals surface area contributed by atoms with Crippen molar-refractivity contribution in [1.29, 1.82) is 0 Å². The summed E-state index contributed by atoms with van der Waals surface area (Å²) in [6.07, 6.45) is 9.90. The van der Waals surface area contributed by atoms with E-state index in [4.69, 9.17) is 9.47 Å². The van der Waals surface area contributed by atoms with Gasteiger partial charge in [-0.25, -0.2) is 26.7 Å². The number of ether oxygens (including phenoxy) is 2. The molecule has 11 nitrogen and oxygen atoms in total. The van der Waals surface area contributed by atoms with Crippen molar-refractivity contribution >= 4 is 23.7 Å². The van der Waals surface area contributed by atoms with Gasteiger partial charge in [0.1, 0.15) is 11.5 Å². The van der Waals surface area contributed by atoms with Gasteiger partial charge in [-0.15, -0.1) is 0 Å². The van der Waals surface area contributed by atoms with E-state index in [-0.39, 0.29) is 48.5 Å². The molecule has 70 heavy (non-hydrogen) atoms. The van der Waals surface area contributed by atoms with E-state index in [1.54, 1.807) is 24.0 Å². The van der Waals surface area contributed by atoms with Gasteiger partial charge in [-0.3, -0.25) is 14.6 Å². The van der Waals surface area contributed by atoms with Gasteiger partial charge in [-0.1, -0.05) is 24.3 Å². The van der Waals surface area contributed by atoms with Gasteiger partial charge < -0.3 is 34.8 Å². The lowest BCUT2D eigenvalue weighted by Crippen LogP contribution is -2.51. The van der Waals surface area contributed by atoms with Crippen LogP contribution >= 0.6 is 0 Å². The molecular weight excluding hydrogens is 910 g/mol. The maximum Gasteiger partial charge on any atom is 0.321 e. The molecule has 0 bridgehead atoms. The van der Waals surface area contributed by atoms with Crippen LogP contribution in [0.25, 0.3) is 6.08 Å². The van der Waals surface area contributed by atoms with Crippen molar-refractivity contribution in [2.45, 2.75) is 75.3 Å². The first-order valence-electron chi connectivity index (χ1n) is 24.5. The molecule has 378 valence electrons. The van der Waals surface area contributed by atoms with Gasteiger partial charge in [-0.05, 0) is 173 Å². The van der Waals surface area contributed by atoms with E-state index in [2.05, 4.69) is 39.4 Å². The molecule has 4 aromatic carbocycles. The van der Waals surface area contributed by atoms with Gasteiger partial charge in [0.25, 0.3) is 0 Å². The summed E-state index contributed by atoms with van der Waals surface area (Å²) in [7, 11) is 3.34. The van der Waals surface area contributed by atoms with E-state index in [1.165, 1.54) is 29.3 Å². The Kier molecular flexibility index (Phi) is 18.7. The van der Waals surface area contributed by atoms with Gasteiger partial charge >= 0.3 is 6.03 Å². The van der Waals surface area contributed by atoms with Crippen LogP contribution in [-0.2, 0) is 4.79 Å². The van der Waals surface area contributed by atoms with Crippen molar-refractivity contribution in [1.82, 2.24) is 19.6 Å². The summed E-state index contributed by atoms with van der Waals surface area (Å²) in [5, 5.41) is 23.0. The van der Waals surface area contributed by atoms with E-state index < -0.39 is 29.1 Å². The van der Waals surface area contributed by atoms with E-state index in [1.807, 2.05) is 24.3 Å². The number of amides is 3. The van der Waals surface area contributed by atoms with E-state index >= 15 is 0 Å². The Hall–Kier alpha value is -5.55. The summed E-state index contributed by atoms with van der Waals surface area (Å²) >= 11 is 0. The highest BCUT2D eigenvalue weighted by Gasteiger charge is 2.35. The zero-order valence-electron chi connectivity index (χ0n) is 40.1. The van der Waals surface area contributed by atoms with Gasteiger partial charge in [0.05, 0.1) is 27.4 Å². The van der Waals surface area contributed by atoms with Crippen LogP contribution in [-0.4, -0.2) is 134 Å². The molecule has 8 rings (SSSR count). The summed E-state index contributed by atoms with van der Waals surface area (Å²) in [4.78, 5) is 33.3. The fourth-order valence-corrected chi connectivity index (χ4v) is 10.7. The molecule has 0 aromatic heterocycles. The molecule has 4 aliphatic rings. The van der Waals surface area contributed by atoms with Gasteiger partial charge in [0, 0.05) is 56.1 Å². The second-order valence-corrected chi connectivity index (χ2v) is 18.8. The lowest BCUT2D eigenvalue weighted by atomic mass is 9.85. The third-order valence-corrected chi connectivity index (χ3v) is 14.9. The lowest BCUT2D eigenvalue weighted by Gasteiger charge is -2.43. The molecule has 2 atom stereocenters. The smallest absolute Gasteiger partial charge is 0.321 e. The molecule has 3 N–H and O–H groups in total. The zero-order chi connectivity index (χ0) is 49.7. The molecule has 4 fully saturated rings. The van der Waals surface area contributed by atoms with E-state index in [9.17, 15) is 41.8 Å². The number of likely N-dealkylation sites (tertiary alicyclic amines) is 4. The third kappa shape index (κ3) is 13.4. The number of hydrogen-bond donors (Lipinski definition) is 3. The Morgan fingerprint density at radius 1 is 0.586 bits per heavy atom. The van der Waals surface area contributed by atoms with Gasteiger partial charge in [-0.2, -0.15) is 0 Å². The number of nitrogens with one attached hydrogen (secondary N) is 1. The van der Waals surface area contributed by atoms with Crippen LogP contribution in [0, 0.1) is 40.9 Å². The number of piperidine rings is 4. The summed E-state index contributed by atoms with van der Waals surface area (Å²) in [6, 6.07) is 21.5. The first kappa shape index (κ1) is 52.3. The monoisotopic (exact) mass is 975 g/mol. The predicted octanol–water partition coefficient (Wildman–Crippen LogP) is 9.06. The Labute approximate surface area is 407 Å². The summed E-state index contributed by atoms with van der Waals surface area (Å²) < 4.78 is 76.9. The number of aliphatic hydroxyl groups is 2. The second kappa shape index (κ2) is 25.0. The Balaban J connectivity index is 0.000000207. The normalized spacial score (nSPS) is 19.1. The number of aliphatic hydroxyl groups excluding tert-OH is 2. The van der Waals surface area contributed by atoms with Crippen molar-refractivity contribution in [3.8, 4) is 11.5 Å². The van der Waals surface area contributed by atoms with Crippen LogP contribution < -0.4 is 14.8 Å². The molecule has 4 aromatic rings. The summed E-state index contributed by atoms with van der Waals surface area (Å²) in [6.45, 7) is 6.18. The number of benzene rings is 4. The number of urea groups is 1. The SMILES string of the molecule is COc1ccc(C2CCN(C(CO)C3CCN(C(=O)/C=C/c4cc(F)c(F)c(F)c4)CC3)CC2)cc1.COc1ccc(C2CCN(C(CO)C3CCN(C(=O)Nc4ccc(F)c(F)c4)CC3)CC2)cc1. The molecule has 16 heteroatoms. The number of hydrogen-bond acceptors (Lipinski definition) is 8. The first-order chi connectivity index (χ1) is 33.9. The largest absolute Gasteiger partial charge is 0.497 e. The molecule has 0 radical (unpaired) electrons. The van der Waals surface area contributed by atoms with Crippen molar-refractivity contribution in [3.63, 3.8) is 0 Å². The van der Waals surface area contributed by atoms with Crippen LogP contribution in [0.15, 0.2) is 84.9 Å². The lowest BCUT2D eigenvalue weighted by molar-refractivity contribution is -0.127. The fourth-order valence-electron chi connectivity index (χ4n) is 10.7. The Morgan fingerprint density at radius 3 is 1.44 bits per heavy atom. The van der Waals surface area contributed by atoms with Crippen LogP contribution in [0.2, 0.25) is 0 Å². The minimum atomic E-state index is -1.52. The number of nitrogens with zero attached hydrogens (tertiary/aromatic N) is 4. The number of halogens is 5. The molecule has 0 saturated carbocycles. The maximum atomic E-state index is 13.4. The maximum absolute atomic E-state index is 13.4. The van der Waals surface area contributed by atoms with Crippen molar-refractivity contribution < 1.29 is 51.2 Å². The third-order valence-electron chi connectivity index (χ3n) is 14.9. The number of carbonyl (C=O) groups excluding carboxylic acids is 2. The number of rotatable bonds is 13. The van der Waals surface area contributed by atoms with Gasteiger partial charge in [0.2, 0.25) is 5.91 Å². The van der Waals surface area contributed by atoms with Crippen LogP contribution in [0.4, 0.5) is 32.4 Å². The number of methoxy groups -OCH3 is 2. The molecule has 3 amide bonds. The van der Waals surface area contributed by atoms with Crippen molar-refractivity contribution in [2.24, 2.45) is 11.8 Å². The highest BCUT2D eigenvalue weighted by atomic mass is 19.2. The molecule has 4 aliphatic heterocycles. The molecule has 0 aliphatic carbocycles.